The number of amides is 1. The number of rotatable bonds is 4. The largest absolute Gasteiger partial charge is 0.356 e. The molecule has 0 spiro atoms. The molecule has 0 unspecified atom stereocenters. The summed E-state index contributed by atoms with van der Waals surface area (Å²) in [5, 5.41) is 8.37. The molecular weight excluding hydrogens is 300 g/mol. The van der Waals surface area contributed by atoms with Crippen LogP contribution in [-0.4, -0.2) is 11.1 Å². The average Bonchev–Trinajstić information content (AvgIpc) is 2.89. The van der Waals surface area contributed by atoms with Crippen molar-refractivity contribution in [2.75, 3.05) is 0 Å². The van der Waals surface area contributed by atoms with Gasteiger partial charge in [-0.1, -0.05) is 46.6 Å². The van der Waals surface area contributed by atoms with E-state index in [1.54, 1.807) is 6.07 Å². The molecule has 1 heterocycles. The maximum atomic E-state index is 12.1. The van der Waals surface area contributed by atoms with E-state index in [0.717, 1.165) is 16.5 Å². The second-order valence-corrected chi connectivity index (χ2v) is 5.58. The normalized spacial score (nSPS) is 10.8. The molecule has 1 amide bonds. The monoisotopic (exact) mass is 314 g/mol. The van der Waals surface area contributed by atoms with Gasteiger partial charge >= 0.3 is 0 Å². The molecule has 0 radical (unpaired) electrons. The Morgan fingerprint density at radius 2 is 2.09 bits per heavy atom. The molecule has 1 aromatic heterocycles. The van der Waals surface area contributed by atoms with Gasteiger partial charge in [0.15, 0.2) is 5.58 Å². The zero-order chi connectivity index (χ0) is 15.5. The Bertz CT molecular complexity index is 826. The Labute approximate surface area is 133 Å². The lowest BCUT2D eigenvalue weighted by atomic mass is 10.1. The zero-order valence-electron chi connectivity index (χ0n) is 12.1. The van der Waals surface area contributed by atoms with E-state index < -0.39 is 0 Å². The summed E-state index contributed by atoms with van der Waals surface area (Å²) < 4.78 is 5.24. The molecule has 0 saturated heterocycles. The van der Waals surface area contributed by atoms with E-state index in [-0.39, 0.29) is 12.3 Å². The molecule has 22 heavy (non-hydrogen) atoms. The summed E-state index contributed by atoms with van der Waals surface area (Å²) in [7, 11) is 0. The first-order chi connectivity index (χ1) is 10.6. The number of benzene rings is 2. The second-order valence-electron chi connectivity index (χ2n) is 5.17. The number of aryl methyl sites for hydroxylation is 1. The first-order valence-electron chi connectivity index (χ1n) is 6.98. The minimum absolute atomic E-state index is 0.114. The fourth-order valence-corrected chi connectivity index (χ4v) is 2.48. The second kappa shape index (κ2) is 6.20. The molecule has 3 aromatic rings. The van der Waals surface area contributed by atoms with Crippen molar-refractivity contribution in [3.8, 4) is 0 Å². The van der Waals surface area contributed by atoms with Gasteiger partial charge < -0.3 is 9.84 Å². The van der Waals surface area contributed by atoms with Crippen molar-refractivity contribution in [1.29, 1.82) is 0 Å². The molecule has 0 atom stereocenters. The summed E-state index contributed by atoms with van der Waals surface area (Å²) in [6.45, 7) is 2.39. The molecule has 3 rings (SSSR count). The third kappa shape index (κ3) is 3.12. The van der Waals surface area contributed by atoms with Crippen LogP contribution in [0.5, 0.6) is 0 Å². The summed E-state index contributed by atoms with van der Waals surface area (Å²) in [5.74, 6) is -0.114. The highest BCUT2D eigenvalue weighted by molar-refractivity contribution is 6.31. The molecule has 0 aliphatic rings. The molecule has 0 bridgehead atoms. The Kier molecular flexibility index (Phi) is 4.11. The summed E-state index contributed by atoms with van der Waals surface area (Å²) in [4.78, 5) is 12.1. The minimum atomic E-state index is -0.114. The predicted molar refractivity (Wildman–Crippen MR) is 85.7 cm³/mol. The molecule has 0 fully saturated rings. The molecule has 2 aromatic carbocycles. The zero-order valence-corrected chi connectivity index (χ0v) is 12.9. The number of fused-ring (bicyclic) bond motifs is 1. The number of carbonyl (C=O) groups is 1. The molecule has 0 saturated carbocycles. The van der Waals surface area contributed by atoms with Crippen molar-refractivity contribution >= 4 is 28.5 Å². The molecule has 112 valence electrons. The number of carbonyl (C=O) groups excluding carboxylic acids is 1. The number of hydrogen-bond acceptors (Lipinski definition) is 3. The van der Waals surface area contributed by atoms with Gasteiger partial charge in [-0.2, -0.15) is 0 Å². The predicted octanol–water partition coefficient (Wildman–Crippen LogP) is 3.65. The van der Waals surface area contributed by atoms with Crippen molar-refractivity contribution in [3.05, 3.63) is 64.3 Å². The van der Waals surface area contributed by atoms with Crippen LogP contribution in [0.1, 0.15) is 16.8 Å². The van der Waals surface area contributed by atoms with Crippen molar-refractivity contribution in [2.45, 2.75) is 19.9 Å². The van der Waals surface area contributed by atoms with Gasteiger partial charge in [0, 0.05) is 17.0 Å². The van der Waals surface area contributed by atoms with Gasteiger partial charge in [0.2, 0.25) is 5.91 Å². The Balaban J connectivity index is 1.68. The van der Waals surface area contributed by atoms with Gasteiger partial charge in [0.1, 0.15) is 5.69 Å². The highest BCUT2D eigenvalue weighted by Gasteiger charge is 2.12. The molecule has 4 nitrogen and oxygen atoms in total. The van der Waals surface area contributed by atoms with E-state index >= 15 is 0 Å². The van der Waals surface area contributed by atoms with Crippen LogP contribution < -0.4 is 5.32 Å². The van der Waals surface area contributed by atoms with E-state index in [0.29, 0.717) is 22.8 Å². The molecular formula is C17H15ClN2O2. The van der Waals surface area contributed by atoms with Crippen LogP contribution in [0.2, 0.25) is 5.02 Å². The summed E-state index contributed by atoms with van der Waals surface area (Å²) in [5.41, 5.74) is 3.33. The first kappa shape index (κ1) is 14.6. The third-order valence-electron chi connectivity index (χ3n) is 3.46. The van der Waals surface area contributed by atoms with E-state index in [4.69, 9.17) is 16.1 Å². The molecule has 0 aliphatic carbocycles. The Morgan fingerprint density at radius 3 is 2.91 bits per heavy atom. The van der Waals surface area contributed by atoms with Crippen LogP contribution in [-0.2, 0) is 17.8 Å². The third-order valence-corrected chi connectivity index (χ3v) is 3.83. The van der Waals surface area contributed by atoms with E-state index in [9.17, 15) is 4.79 Å². The number of hydrogen-bond donors (Lipinski definition) is 1. The van der Waals surface area contributed by atoms with Crippen molar-refractivity contribution < 1.29 is 9.32 Å². The van der Waals surface area contributed by atoms with Crippen LogP contribution >= 0.6 is 11.6 Å². The van der Waals surface area contributed by atoms with Crippen LogP contribution in [0.15, 0.2) is 47.0 Å². The van der Waals surface area contributed by atoms with E-state index in [2.05, 4.69) is 10.5 Å². The van der Waals surface area contributed by atoms with Gasteiger partial charge in [0.05, 0.1) is 6.42 Å². The number of nitrogens with zero attached hydrogens (tertiary/aromatic N) is 1. The fourth-order valence-electron chi connectivity index (χ4n) is 2.28. The summed E-state index contributed by atoms with van der Waals surface area (Å²) in [6.07, 6.45) is 0.181. The molecule has 1 N–H and O–H groups in total. The van der Waals surface area contributed by atoms with Crippen molar-refractivity contribution in [2.24, 2.45) is 0 Å². The Morgan fingerprint density at radius 1 is 1.27 bits per heavy atom. The topological polar surface area (TPSA) is 55.1 Å². The lowest BCUT2D eigenvalue weighted by Crippen LogP contribution is -2.24. The highest BCUT2D eigenvalue weighted by atomic mass is 35.5. The maximum absolute atomic E-state index is 12.1. The summed E-state index contributed by atoms with van der Waals surface area (Å²) >= 11 is 6.07. The van der Waals surface area contributed by atoms with E-state index in [1.165, 1.54) is 0 Å². The van der Waals surface area contributed by atoms with E-state index in [1.807, 2.05) is 43.3 Å². The van der Waals surface area contributed by atoms with Gasteiger partial charge in [-0.25, -0.2) is 0 Å². The SMILES string of the molecule is Cc1ccc2onc(CC(=O)NCc3ccccc3Cl)c2c1. The van der Waals surface area contributed by atoms with Crippen LogP contribution in [0, 0.1) is 6.92 Å². The standard InChI is InChI=1S/C17H15ClN2O2/c1-11-6-7-16-13(8-11)15(20-22-16)9-17(21)19-10-12-4-2-3-5-14(12)18/h2-8H,9-10H2,1H3,(H,19,21). The quantitative estimate of drug-likeness (QED) is 0.799. The number of aromatic nitrogens is 1. The fraction of sp³-hybridized carbons (Fsp3) is 0.176. The Hall–Kier alpha value is -2.33. The van der Waals surface area contributed by atoms with Crippen molar-refractivity contribution in [3.63, 3.8) is 0 Å². The van der Waals surface area contributed by atoms with Gasteiger partial charge in [0.25, 0.3) is 0 Å². The molecule has 5 heteroatoms. The molecule has 0 aliphatic heterocycles. The first-order valence-corrected chi connectivity index (χ1v) is 7.36. The van der Waals surface area contributed by atoms with Crippen LogP contribution in [0.4, 0.5) is 0 Å². The van der Waals surface area contributed by atoms with Gasteiger partial charge in [-0.15, -0.1) is 0 Å². The smallest absolute Gasteiger partial charge is 0.226 e. The minimum Gasteiger partial charge on any atom is -0.356 e. The van der Waals surface area contributed by atoms with Crippen LogP contribution in [0.25, 0.3) is 11.0 Å². The van der Waals surface area contributed by atoms with Gasteiger partial charge in [-0.05, 0) is 30.7 Å². The summed E-state index contributed by atoms with van der Waals surface area (Å²) in [6, 6.07) is 13.2. The highest BCUT2D eigenvalue weighted by Crippen LogP contribution is 2.20. The van der Waals surface area contributed by atoms with Crippen molar-refractivity contribution in [1.82, 2.24) is 10.5 Å². The number of nitrogens with one attached hydrogen (secondary N) is 1. The average molecular weight is 315 g/mol. The van der Waals surface area contributed by atoms with Gasteiger partial charge in [-0.3, -0.25) is 4.79 Å². The van der Waals surface area contributed by atoms with Crippen LogP contribution in [0.3, 0.4) is 0 Å². The maximum Gasteiger partial charge on any atom is 0.226 e. The lowest BCUT2D eigenvalue weighted by Gasteiger charge is -2.06. The lowest BCUT2D eigenvalue weighted by molar-refractivity contribution is -0.120. The number of halogens is 1.